The number of hydrogen-bond acceptors (Lipinski definition) is 3. The van der Waals surface area contributed by atoms with Crippen molar-refractivity contribution in [1.29, 1.82) is 0 Å². The molecule has 2 rings (SSSR count). The van der Waals surface area contributed by atoms with Gasteiger partial charge in [0, 0.05) is 13.1 Å². The molecule has 1 aromatic rings. The zero-order valence-electron chi connectivity index (χ0n) is 12.7. The van der Waals surface area contributed by atoms with Crippen LogP contribution < -0.4 is 11.1 Å². The van der Waals surface area contributed by atoms with Crippen molar-refractivity contribution >= 4 is 11.5 Å². The van der Waals surface area contributed by atoms with Gasteiger partial charge in [-0.25, -0.2) is 0 Å². The number of aryl methyl sites for hydroxylation is 1. The first-order chi connectivity index (χ1) is 9.00. The van der Waals surface area contributed by atoms with Gasteiger partial charge >= 0.3 is 0 Å². The lowest BCUT2D eigenvalue weighted by Gasteiger charge is -2.29. The molecule has 1 unspecified atom stereocenters. The van der Waals surface area contributed by atoms with E-state index in [1.165, 1.54) is 32.1 Å². The first kappa shape index (κ1) is 14.2. The molecule has 0 aromatic carbocycles. The smallest absolute Gasteiger partial charge is 0.148 e. The number of nitrogens with one attached hydrogen (secondary N) is 1. The van der Waals surface area contributed by atoms with Gasteiger partial charge in [-0.15, -0.1) is 0 Å². The van der Waals surface area contributed by atoms with Crippen LogP contribution in [0.25, 0.3) is 0 Å². The Morgan fingerprint density at radius 1 is 1.21 bits per heavy atom. The Morgan fingerprint density at radius 3 is 2.37 bits per heavy atom. The zero-order chi connectivity index (χ0) is 14.0. The summed E-state index contributed by atoms with van der Waals surface area (Å²) in [5.41, 5.74) is 8.06. The summed E-state index contributed by atoms with van der Waals surface area (Å²) >= 11 is 0. The summed E-state index contributed by atoms with van der Waals surface area (Å²) in [6, 6.07) is 0.470. The van der Waals surface area contributed by atoms with Crippen LogP contribution >= 0.6 is 0 Å². The number of aromatic nitrogens is 2. The molecule has 0 amide bonds. The standard InChI is InChI=1S/C15H28N4/c1-10(2)14-13(16)15(19(4)18-14)17-11(3)12-8-6-5-7-9-12/h10-12,17H,5-9,16H2,1-4H3. The summed E-state index contributed by atoms with van der Waals surface area (Å²) in [6.07, 6.45) is 6.81. The van der Waals surface area contributed by atoms with Crippen LogP contribution in [0.3, 0.4) is 0 Å². The predicted molar refractivity (Wildman–Crippen MR) is 81.4 cm³/mol. The summed E-state index contributed by atoms with van der Waals surface area (Å²) < 4.78 is 1.89. The van der Waals surface area contributed by atoms with E-state index in [-0.39, 0.29) is 0 Å². The molecule has 0 saturated heterocycles. The number of hydrogen-bond donors (Lipinski definition) is 2. The monoisotopic (exact) mass is 264 g/mol. The van der Waals surface area contributed by atoms with Gasteiger partial charge < -0.3 is 11.1 Å². The average Bonchev–Trinajstić information content (AvgIpc) is 2.68. The van der Waals surface area contributed by atoms with Crippen molar-refractivity contribution in [2.45, 2.75) is 64.8 Å². The minimum absolute atomic E-state index is 0.367. The topological polar surface area (TPSA) is 55.9 Å². The fourth-order valence-corrected chi connectivity index (χ4v) is 3.13. The molecular formula is C15H28N4. The van der Waals surface area contributed by atoms with Crippen LogP contribution in [0.4, 0.5) is 11.5 Å². The molecule has 4 heteroatoms. The Kier molecular flexibility index (Phi) is 4.38. The molecule has 1 aliphatic rings. The normalized spacial score (nSPS) is 18.8. The van der Waals surface area contributed by atoms with E-state index >= 15 is 0 Å². The van der Waals surface area contributed by atoms with Crippen molar-refractivity contribution in [3.8, 4) is 0 Å². The number of nitrogens with two attached hydrogens (primary N) is 1. The van der Waals surface area contributed by atoms with Crippen molar-refractivity contribution < 1.29 is 0 Å². The SMILES string of the molecule is CC(C)c1nn(C)c(NC(C)C2CCCCC2)c1N. The molecule has 3 N–H and O–H groups in total. The van der Waals surface area contributed by atoms with E-state index in [0.29, 0.717) is 12.0 Å². The molecule has 0 radical (unpaired) electrons. The molecule has 0 aliphatic heterocycles. The first-order valence-corrected chi connectivity index (χ1v) is 7.59. The van der Waals surface area contributed by atoms with E-state index in [2.05, 4.69) is 31.2 Å². The van der Waals surface area contributed by atoms with Crippen LogP contribution in [0.2, 0.25) is 0 Å². The summed E-state index contributed by atoms with van der Waals surface area (Å²) in [5, 5.41) is 8.14. The highest BCUT2D eigenvalue weighted by Gasteiger charge is 2.23. The first-order valence-electron chi connectivity index (χ1n) is 7.59. The van der Waals surface area contributed by atoms with Crippen molar-refractivity contribution in [1.82, 2.24) is 9.78 Å². The van der Waals surface area contributed by atoms with Crippen LogP contribution in [0.5, 0.6) is 0 Å². The maximum absolute atomic E-state index is 6.24. The van der Waals surface area contributed by atoms with Gasteiger partial charge in [0.2, 0.25) is 0 Å². The van der Waals surface area contributed by atoms with Gasteiger partial charge in [-0.2, -0.15) is 5.10 Å². The van der Waals surface area contributed by atoms with Gasteiger partial charge in [0.15, 0.2) is 0 Å². The number of nitrogen functional groups attached to an aromatic ring is 1. The highest BCUT2D eigenvalue weighted by atomic mass is 15.3. The lowest BCUT2D eigenvalue weighted by Crippen LogP contribution is -2.28. The Labute approximate surface area is 116 Å². The summed E-state index contributed by atoms with van der Waals surface area (Å²) in [4.78, 5) is 0. The fourth-order valence-electron chi connectivity index (χ4n) is 3.13. The lowest BCUT2D eigenvalue weighted by molar-refractivity contribution is 0.327. The van der Waals surface area contributed by atoms with Crippen LogP contribution in [-0.4, -0.2) is 15.8 Å². The Bertz CT molecular complexity index is 416. The number of rotatable bonds is 4. The number of nitrogens with zero attached hydrogens (tertiary/aromatic N) is 2. The molecule has 19 heavy (non-hydrogen) atoms. The second kappa shape index (κ2) is 5.85. The highest BCUT2D eigenvalue weighted by Crippen LogP contribution is 2.32. The molecule has 1 atom stereocenters. The van der Waals surface area contributed by atoms with Gasteiger partial charge in [0.25, 0.3) is 0 Å². The van der Waals surface area contributed by atoms with Crippen molar-refractivity contribution in [2.24, 2.45) is 13.0 Å². The second-order valence-electron chi connectivity index (χ2n) is 6.26. The van der Waals surface area contributed by atoms with E-state index < -0.39 is 0 Å². The molecule has 1 saturated carbocycles. The summed E-state index contributed by atoms with van der Waals surface area (Å²) in [7, 11) is 1.97. The zero-order valence-corrected chi connectivity index (χ0v) is 12.7. The molecule has 0 bridgehead atoms. The largest absolute Gasteiger partial charge is 0.394 e. The van der Waals surface area contributed by atoms with Gasteiger partial charge in [-0.3, -0.25) is 4.68 Å². The molecule has 4 nitrogen and oxygen atoms in total. The van der Waals surface area contributed by atoms with Gasteiger partial charge in [-0.1, -0.05) is 33.1 Å². The molecular weight excluding hydrogens is 236 g/mol. The second-order valence-corrected chi connectivity index (χ2v) is 6.26. The molecule has 1 aromatic heterocycles. The van der Waals surface area contributed by atoms with Gasteiger partial charge in [0.05, 0.1) is 11.4 Å². The third kappa shape index (κ3) is 3.04. The van der Waals surface area contributed by atoms with Crippen LogP contribution in [-0.2, 0) is 7.05 Å². The fraction of sp³-hybridized carbons (Fsp3) is 0.800. The minimum Gasteiger partial charge on any atom is -0.394 e. The van der Waals surface area contributed by atoms with E-state index in [9.17, 15) is 0 Å². The van der Waals surface area contributed by atoms with E-state index in [0.717, 1.165) is 23.1 Å². The van der Waals surface area contributed by atoms with Crippen LogP contribution in [0.15, 0.2) is 0 Å². The third-order valence-electron chi connectivity index (χ3n) is 4.38. The Hall–Kier alpha value is -1.19. The van der Waals surface area contributed by atoms with Crippen LogP contribution in [0.1, 0.15) is 64.5 Å². The average molecular weight is 264 g/mol. The van der Waals surface area contributed by atoms with Crippen molar-refractivity contribution in [3.63, 3.8) is 0 Å². The third-order valence-corrected chi connectivity index (χ3v) is 4.38. The minimum atomic E-state index is 0.367. The Balaban J connectivity index is 2.09. The van der Waals surface area contributed by atoms with Crippen molar-refractivity contribution in [2.75, 3.05) is 11.1 Å². The van der Waals surface area contributed by atoms with Gasteiger partial charge in [-0.05, 0) is 31.6 Å². The quantitative estimate of drug-likeness (QED) is 0.875. The van der Waals surface area contributed by atoms with E-state index in [1.807, 2.05) is 11.7 Å². The Morgan fingerprint density at radius 2 is 1.84 bits per heavy atom. The highest BCUT2D eigenvalue weighted by molar-refractivity contribution is 5.66. The predicted octanol–water partition coefficient (Wildman–Crippen LogP) is 3.51. The van der Waals surface area contributed by atoms with E-state index in [4.69, 9.17) is 5.73 Å². The molecule has 1 aliphatic carbocycles. The van der Waals surface area contributed by atoms with Crippen LogP contribution in [0, 0.1) is 5.92 Å². The van der Waals surface area contributed by atoms with E-state index in [1.54, 1.807) is 0 Å². The molecule has 1 heterocycles. The summed E-state index contributed by atoms with van der Waals surface area (Å²) in [5.74, 6) is 2.12. The molecule has 108 valence electrons. The number of anilines is 2. The lowest BCUT2D eigenvalue weighted by atomic mass is 9.84. The van der Waals surface area contributed by atoms with Crippen molar-refractivity contribution in [3.05, 3.63) is 5.69 Å². The maximum Gasteiger partial charge on any atom is 0.148 e. The maximum atomic E-state index is 6.24. The molecule has 1 fully saturated rings. The molecule has 0 spiro atoms. The summed E-state index contributed by atoms with van der Waals surface area (Å²) in [6.45, 7) is 6.54. The van der Waals surface area contributed by atoms with Gasteiger partial charge in [0.1, 0.15) is 5.82 Å².